The summed E-state index contributed by atoms with van der Waals surface area (Å²) in [4.78, 5) is 38.1. The van der Waals surface area contributed by atoms with Gasteiger partial charge in [-0.2, -0.15) is 0 Å². The Morgan fingerprint density at radius 3 is 2.33 bits per heavy atom. The van der Waals surface area contributed by atoms with E-state index in [0.717, 1.165) is 19.9 Å². The van der Waals surface area contributed by atoms with E-state index in [2.05, 4.69) is 0 Å². The molecular formula is C20H12ClNO4S. The predicted molar refractivity (Wildman–Crippen MR) is 104 cm³/mol. The number of imide groups is 1. The zero-order valence-corrected chi connectivity index (χ0v) is 15.4. The number of hydrogen-bond acceptors (Lipinski definition) is 5. The quantitative estimate of drug-likeness (QED) is 0.372. The van der Waals surface area contributed by atoms with Crippen LogP contribution in [0.3, 0.4) is 0 Å². The Kier molecular flexibility index (Phi) is 4.51. The molecule has 0 bridgehead atoms. The highest BCUT2D eigenvalue weighted by Gasteiger charge is 2.35. The number of carbonyl (C=O) groups is 3. The minimum atomic E-state index is -0.667. The maximum atomic E-state index is 12.2. The van der Waals surface area contributed by atoms with Crippen LogP contribution in [0, 0.1) is 0 Å². The van der Waals surface area contributed by atoms with Crippen molar-refractivity contribution in [2.45, 2.75) is 0 Å². The predicted octanol–water partition coefficient (Wildman–Crippen LogP) is 4.36. The molecule has 2 aromatic carbocycles. The van der Waals surface area contributed by atoms with Crippen LogP contribution in [0.2, 0.25) is 5.02 Å². The zero-order valence-electron chi connectivity index (χ0n) is 13.8. The van der Waals surface area contributed by atoms with Gasteiger partial charge in [0.2, 0.25) is 0 Å². The molecular weight excluding hydrogens is 386 g/mol. The molecule has 4 rings (SSSR count). The van der Waals surface area contributed by atoms with E-state index in [-0.39, 0.29) is 0 Å². The van der Waals surface area contributed by atoms with E-state index < -0.39 is 24.5 Å². The van der Waals surface area contributed by atoms with Gasteiger partial charge in [-0.25, -0.2) is 9.69 Å². The summed E-state index contributed by atoms with van der Waals surface area (Å²) >= 11 is 7.78. The summed E-state index contributed by atoms with van der Waals surface area (Å²) in [6.07, 6.45) is 2.80. The summed E-state index contributed by atoms with van der Waals surface area (Å²) in [5, 5.41) is 1.49. The van der Waals surface area contributed by atoms with Crippen LogP contribution in [-0.4, -0.2) is 29.4 Å². The van der Waals surface area contributed by atoms with E-state index in [4.69, 9.17) is 16.3 Å². The van der Waals surface area contributed by atoms with Gasteiger partial charge in [0.05, 0.1) is 16.1 Å². The van der Waals surface area contributed by atoms with Crippen molar-refractivity contribution in [3.8, 4) is 0 Å². The standard InChI is InChI=1S/C20H12ClNO4S/c21-18-14-7-3-4-8-15(14)27-16(18)9-10-17(23)26-11-22-19(24)12-5-1-2-6-13(12)20(22)25/h1-10H,11H2/b10-9+. The molecule has 27 heavy (non-hydrogen) atoms. The lowest BCUT2D eigenvalue weighted by Crippen LogP contribution is -2.32. The fourth-order valence-electron chi connectivity index (χ4n) is 2.82. The summed E-state index contributed by atoms with van der Waals surface area (Å²) in [7, 11) is 0. The van der Waals surface area contributed by atoms with Crippen molar-refractivity contribution in [1.82, 2.24) is 4.90 Å². The molecule has 1 aliphatic rings. The molecule has 2 amide bonds. The third-order valence-electron chi connectivity index (χ3n) is 4.14. The van der Waals surface area contributed by atoms with E-state index in [1.54, 1.807) is 30.3 Å². The number of thiophene rings is 1. The zero-order chi connectivity index (χ0) is 19.0. The summed E-state index contributed by atoms with van der Waals surface area (Å²) in [6.45, 7) is -0.435. The molecule has 0 unspecified atom stereocenters. The van der Waals surface area contributed by atoms with Gasteiger partial charge in [-0.05, 0) is 24.3 Å². The van der Waals surface area contributed by atoms with Crippen molar-refractivity contribution in [2.75, 3.05) is 6.73 Å². The van der Waals surface area contributed by atoms with E-state index in [1.165, 1.54) is 17.4 Å². The van der Waals surface area contributed by atoms with Crippen LogP contribution >= 0.6 is 22.9 Å². The highest BCUT2D eigenvalue weighted by molar-refractivity contribution is 7.20. The first-order valence-corrected chi connectivity index (χ1v) is 9.23. The Morgan fingerprint density at radius 2 is 1.67 bits per heavy atom. The lowest BCUT2D eigenvalue weighted by molar-refractivity contribution is -0.140. The van der Waals surface area contributed by atoms with Gasteiger partial charge in [0.25, 0.3) is 11.8 Å². The molecule has 0 saturated heterocycles. The Hall–Kier alpha value is -2.96. The molecule has 0 saturated carbocycles. The van der Waals surface area contributed by atoms with Gasteiger partial charge in [-0.3, -0.25) is 9.59 Å². The summed E-state index contributed by atoms with van der Waals surface area (Å²) in [6, 6.07) is 14.2. The number of rotatable bonds is 4. The molecule has 0 fully saturated rings. The molecule has 134 valence electrons. The van der Waals surface area contributed by atoms with Gasteiger partial charge in [-0.1, -0.05) is 41.9 Å². The number of ether oxygens (including phenoxy) is 1. The molecule has 0 atom stereocenters. The molecule has 0 spiro atoms. The number of amides is 2. The van der Waals surface area contributed by atoms with Crippen LogP contribution in [0.5, 0.6) is 0 Å². The van der Waals surface area contributed by atoms with Crippen LogP contribution in [0.15, 0.2) is 54.6 Å². The molecule has 0 N–H and O–H groups in total. The molecule has 1 aromatic heterocycles. The van der Waals surface area contributed by atoms with E-state index in [0.29, 0.717) is 16.1 Å². The molecule has 0 aliphatic carbocycles. The van der Waals surface area contributed by atoms with E-state index in [9.17, 15) is 14.4 Å². The van der Waals surface area contributed by atoms with Gasteiger partial charge < -0.3 is 4.74 Å². The second-order valence-electron chi connectivity index (χ2n) is 5.79. The fraction of sp³-hybridized carbons (Fsp3) is 0.0500. The number of esters is 1. The topological polar surface area (TPSA) is 63.7 Å². The van der Waals surface area contributed by atoms with Crippen LogP contribution in [-0.2, 0) is 9.53 Å². The second-order valence-corrected chi connectivity index (χ2v) is 7.25. The number of halogens is 1. The number of fused-ring (bicyclic) bond motifs is 2. The van der Waals surface area contributed by atoms with Gasteiger partial charge in [-0.15, -0.1) is 11.3 Å². The first-order valence-electron chi connectivity index (χ1n) is 8.03. The first kappa shape index (κ1) is 17.5. The van der Waals surface area contributed by atoms with Crippen LogP contribution in [0.25, 0.3) is 16.2 Å². The van der Waals surface area contributed by atoms with Gasteiger partial charge in [0.1, 0.15) is 0 Å². The van der Waals surface area contributed by atoms with Crippen molar-refractivity contribution >= 4 is 56.9 Å². The van der Waals surface area contributed by atoms with Crippen LogP contribution < -0.4 is 0 Å². The third kappa shape index (κ3) is 3.13. The van der Waals surface area contributed by atoms with Crippen molar-refractivity contribution < 1.29 is 19.1 Å². The Labute approximate surface area is 163 Å². The number of benzene rings is 2. The Bertz CT molecular complexity index is 1080. The maximum absolute atomic E-state index is 12.2. The molecule has 3 aromatic rings. The first-order chi connectivity index (χ1) is 13.1. The van der Waals surface area contributed by atoms with Gasteiger partial charge in [0.15, 0.2) is 6.73 Å². The summed E-state index contributed by atoms with van der Waals surface area (Å²) < 4.78 is 6.07. The molecule has 7 heteroatoms. The summed E-state index contributed by atoms with van der Waals surface area (Å²) in [5.41, 5.74) is 0.622. The lowest BCUT2D eigenvalue weighted by Gasteiger charge is -2.12. The summed E-state index contributed by atoms with van der Waals surface area (Å²) in [5.74, 6) is -1.61. The van der Waals surface area contributed by atoms with E-state index >= 15 is 0 Å². The molecule has 5 nitrogen and oxygen atoms in total. The monoisotopic (exact) mass is 397 g/mol. The van der Waals surface area contributed by atoms with Crippen molar-refractivity contribution in [1.29, 1.82) is 0 Å². The lowest BCUT2D eigenvalue weighted by atomic mass is 10.1. The van der Waals surface area contributed by atoms with Gasteiger partial charge in [0, 0.05) is 21.0 Å². The fourth-order valence-corrected chi connectivity index (χ4v) is 4.22. The van der Waals surface area contributed by atoms with Crippen LogP contribution in [0.4, 0.5) is 0 Å². The average molecular weight is 398 g/mol. The van der Waals surface area contributed by atoms with Crippen molar-refractivity contribution in [3.63, 3.8) is 0 Å². The molecule has 0 radical (unpaired) electrons. The van der Waals surface area contributed by atoms with Crippen LogP contribution in [0.1, 0.15) is 25.6 Å². The third-order valence-corrected chi connectivity index (χ3v) is 5.80. The highest BCUT2D eigenvalue weighted by Crippen LogP contribution is 2.35. The smallest absolute Gasteiger partial charge is 0.332 e. The maximum Gasteiger partial charge on any atom is 0.332 e. The Morgan fingerprint density at radius 1 is 1.04 bits per heavy atom. The SMILES string of the molecule is O=C(/C=C/c1sc2ccccc2c1Cl)OCN1C(=O)c2ccccc2C1=O. The highest BCUT2D eigenvalue weighted by atomic mass is 35.5. The van der Waals surface area contributed by atoms with Crippen molar-refractivity contribution in [2.24, 2.45) is 0 Å². The van der Waals surface area contributed by atoms with E-state index in [1.807, 2.05) is 24.3 Å². The normalized spacial score (nSPS) is 13.6. The Balaban J connectivity index is 1.43. The minimum Gasteiger partial charge on any atom is -0.441 e. The number of nitrogens with zero attached hydrogens (tertiary/aromatic N) is 1. The van der Waals surface area contributed by atoms with Crippen molar-refractivity contribution in [3.05, 3.63) is 75.6 Å². The average Bonchev–Trinajstić information content (AvgIpc) is 3.14. The number of carbonyl (C=O) groups excluding carboxylic acids is 3. The molecule has 2 heterocycles. The minimum absolute atomic E-state index is 0.311. The second kappa shape index (κ2) is 6.98. The number of hydrogen-bond donors (Lipinski definition) is 0. The molecule has 1 aliphatic heterocycles. The van der Waals surface area contributed by atoms with Gasteiger partial charge >= 0.3 is 5.97 Å². The largest absolute Gasteiger partial charge is 0.441 e.